The van der Waals surface area contributed by atoms with Gasteiger partial charge in [-0.3, -0.25) is 5.10 Å². The van der Waals surface area contributed by atoms with E-state index in [1.54, 1.807) is 0 Å². The highest BCUT2D eigenvalue weighted by molar-refractivity contribution is 7.71. The van der Waals surface area contributed by atoms with Crippen LogP contribution in [0.2, 0.25) is 0 Å². The molecule has 6 heteroatoms. The Morgan fingerprint density at radius 1 is 1.42 bits per heavy atom. The second kappa shape index (κ2) is 2.56. The summed E-state index contributed by atoms with van der Waals surface area (Å²) in [6, 6.07) is 1.83. The molecule has 0 radical (unpaired) electrons. The Balaban J connectivity index is 2.50. The highest BCUT2D eigenvalue weighted by Gasteiger charge is 2.06. The monoisotopic (exact) mass is 182 g/mol. The third kappa shape index (κ3) is 1.16. The van der Waals surface area contributed by atoms with Crippen LogP contribution in [0.25, 0.3) is 11.6 Å². The molecule has 5 nitrogen and oxygen atoms in total. The Kier molecular flexibility index (Phi) is 1.54. The fourth-order valence-corrected chi connectivity index (χ4v) is 0.992. The lowest BCUT2D eigenvalue weighted by atomic mass is 10.4. The summed E-state index contributed by atoms with van der Waals surface area (Å²) in [7, 11) is 0. The summed E-state index contributed by atoms with van der Waals surface area (Å²) in [4.78, 5) is 0.255. The van der Waals surface area contributed by atoms with Crippen LogP contribution in [-0.2, 0) is 0 Å². The number of nitrogens with zero attached hydrogens (tertiary/aromatic N) is 2. The van der Waals surface area contributed by atoms with E-state index in [2.05, 4.69) is 20.4 Å². The first-order valence-electron chi connectivity index (χ1n) is 3.33. The maximum absolute atomic E-state index is 5.05. The lowest BCUT2D eigenvalue weighted by Crippen LogP contribution is -1.76. The van der Waals surface area contributed by atoms with Crippen molar-refractivity contribution in [3.05, 3.63) is 16.6 Å². The molecule has 0 fully saturated rings. The molecule has 2 aromatic heterocycles. The average molecular weight is 182 g/mol. The number of aromatic nitrogens is 4. The first kappa shape index (κ1) is 7.23. The zero-order valence-corrected chi connectivity index (χ0v) is 7.10. The van der Waals surface area contributed by atoms with Crippen molar-refractivity contribution in [3.63, 3.8) is 0 Å². The van der Waals surface area contributed by atoms with Gasteiger partial charge < -0.3 is 4.42 Å². The Bertz CT molecular complexity index is 440. The molecule has 0 atom stereocenters. The molecule has 12 heavy (non-hydrogen) atoms. The van der Waals surface area contributed by atoms with Crippen LogP contribution in [0.4, 0.5) is 0 Å². The van der Waals surface area contributed by atoms with E-state index in [4.69, 9.17) is 16.6 Å². The number of H-pyrrole nitrogens is 2. The molecule has 0 saturated carbocycles. The molecular weight excluding hydrogens is 176 g/mol. The van der Waals surface area contributed by atoms with Crippen molar-refractivity contribution in [2.45, 2.75) is 6.92 Å². The van der Waals surface area contributed by atoms with Gasteiger partial charge in [-0.2, -0.15) is 5.10 Å². The highest BCUT2D eigenvalue weighted by Crippen LogP contribution is 2.13. The summed E-state index contributed by atoms with van der Waals surface area (Å²) in [6.07, 6.45) is 0. The summed E-state index contributed by atoms with van der Waals surface area (Å²) in [5.74, 6) is 0.407. The van der Waals surface area contributed by atoms with Gasteiger partial charge in [0.15, 0.2) is 0 Å². The zero-order valence-electron chi connectivity index (χ0n) is 6.29. The van der Waals surface area contributed by atoms with Crippen molar-refractivity contribution in [1.29, 1.82) is 0 Å². The van der Waals surface area contributed by atoms with Crippen molar-refractivity contribution in [2.24, 2.45) is 0 Å². The number of rotatable bonds is 1. The van der Waals surface area contributed by atoms with E-state index in [-0.39, 0.29) is 4.84 Å². The van der Waals surface area contributed by atoms with E-state index in [1.165, 1.54) is 0 Å². The topological polar surface area (TPSA) is 70.5 Å². The molecule has 0 saturated heterocycles. The lowest BCUT2D eigenvalue weighted by molar-refractivity contribution is 0.549. The van der Waals surface area contributed by atoms with Crippen LogP contribution in [-0.4, -0.2) is 20.4 Å². The van der Waals surface area contributed by atoms with Crippen LogP contribution >= 0.6 is 12.2 Å². The molecule has 0 amide bonds. The van der Waals surface area contributed by atoms with Gasteiger partial charge in [0.25, 0.3) is 10.7 Å². The number of hydrogen-bond acceptors (Lipinski definition) is 4. The third-order valence-corrected chi connectivity index (χ3v) is 1.54. The Hall–Kier alpha value is -1.43. The minimum absolute atomic E-state index is 0.255. The van der Waals surface area contributed by atoms with E-state index >= 15 is 0 Å². The largest absolute Gasteiger partial charge is 0.408 e. The van der Waals surface area contributed by atoms with E-state index in [9.17, 15) is 0 Å². The van der Waals surface area contributed by atoms with Gasteiger partial charge in [0, 0.05) is 5.69 Å². The number of nitrogens with one attached hydrogen (secondary N) is 2. The van der Waals surface area contributed by atoms with Gasteiger partial charge in [-0.1, -0.05) is 0 Å². The van der Waals surface area contributed by atoms with Crippen LogP contribution < -0.4 is 0 Å². The van der Waals surface area contributed by atoms with Crippen LogP contribution in [0.15, 0.2) is 10.5 Å². The molecule has 2 rings (SSSR count). The summed E-state index contributed by atoms with van der Waals surface area (Å²) >= 11 is 4.72. The molecule has 0 aliphatic carbocycles. The summed E-state index contributed by atoms with van der Waals surface area (Å²) in [5.41, 5.74) is 1.61. The SMILES string of the molecule is Cc1cc(-c2n[nH]c(=S)o2)n[nH]1. The molecule has 0 spiro atoms. The van der Waals surface area contributed by atoms with E-state index < -0.39 is 0 Å². The molecule has 0 bridgehead atoms. The molecule has 0 aliphatic heterocycles. The quantitative estimate of drug-likeness (QED) is 0.654. The average Bonchev–Trinajstić information content (AvgIpc) is 2.58. The van der Waals surface area contributed by atoms with Crippen molar-refractivity contribution < 1.29 is 4.42 Å². The summed E-state index contributed by atoms with van der Waals surface area (Å²) < 4.78 is 5.05. The fraction of sp³-hybridized carbons (Fsp3) is 0.167. The highest BCUT2D eigenvalue weighted by atomic mass is 32.1. The molecule has 2 N–H and O–H groups in total. The Labute approximate surface area is 72.8 Å². The third-order valence-electron chi connectivity index (χ3n) is 1.36. The Morgan fingerprint density at radius 3 is 2.75 bits per heavy atom. The van der Waals surface area contributed by atoms with Crippen LogP contribution in [0.3, 0.4) is 0 Å². The number of aromatic amines is 2. The second-order valence-electron chi connectivity index (χ2n) is 2.35. The van der Waals surface area contributed by atoms with Crippen molar-refractivity contribution in [2.75, 3.05) is 0 Å². The van der Waals surface area contributed by atoms with Crippen molar-refractivity contribution >= 4 is 12.2 Å². The first-order valence-corrected chi connectivity index (χ1v) is 3.74. The van der Waals surface area contributed by atoms with Crippen LogP contribution in [0.1, 0.15) is 5.69 Å². The molecule has 0 aliphatic rings. The van der Waals surface area contributed by atoms with Gasteiger partial charge in [0.2, 0.25) is 0 Å². The van der Waals surface area contributed by atoms with E-state index in [0.29, 0.717) is 11.6 Å². The van der Waals surface area contributed by atoms with Gasteiger partial charge in [-0.15, -0.1) is 5.10 Å². The predicted octanol–water partition coefficient (Wildman–Crippen LogP) is 1.43. The fourth-order valence-electron chi connectivity index (χ4n) is 0.867. The van der Waals surface area contributed by atoms with Gasteiger partial charge >= 0.3 is 0 Å². The van der Waals surface area contributed by atoms with E-state index in [0.717, 1.165) is 5.69 Å². The van der Waals surface area contributed by atoms with Crippen LogP contribution in [0, 0.1) is 11.8 Å². The number of aryl methyl sites for hydroxylation is 1. The minimum atomic E-state index is 0.255. The molecule has 0 aromatic carbocycles. The molecule has 0 unspecified atom stereocenters. The molecule has 62 valence electrons. The van der Waals surface area contributed by atoms with Crippen molar-refractivity contribution in [3.8, 4) is 11.6 Å². The summed E-state index contributed by atoms with van der Waals surface area (Å²) in [6.45, 7) is 1.90. The van der Waals surface area contributed by atoms with Gasteiger partial charge in [-0.05, 0) is 25.2 Å². The van der Waals surface area contributed by atoms with Gasteiger partial charge in [0.1, 0.15) is 5.69 Å². The van der Waals surface area contributed by atoms with Crippen LogP contribution in [0.5, 0.6) is 0 Å². The second-order valence-corrected chi connectivity index (χ2v) is 2.73. The maximum Gasteiger partial charge on any atom is 0.284 e. The maximum atomic E-state index is 5.05. The first-order chi connectivity index (χ1) is 5.75. The number of hydrogen-bond donors (Lipinski definition) is 2. The molecular formula is C6H6N4OS. The standard InChI is InChI=1S/C6H6N4OS/c1-3-2-4(8-7-3)5-9-10-6(12)11-5/h2H,1H3,(H,7,8)(H,10,12). The normalized spacial score (nSPS) is 10.4. The predicted molar refractivity (Wildman–Crippen MR) is 44.0 cm³/mol. The van der Waals surface area contributed by atoms with Crippen molar-refractivity contribution in [1.82, 2.24) is 20.4 Å². The Morgan fingerprint density at radius 2 is 2.25 bits per heavy atom. The minimum Gasteiger partial charge on any atom is -0.408 e. The smallest absolute Gasteiger partial charge is 0.284 e. The lowest BCUT2D eigenvalue weighted by Gasteiger charge is -1.80. The van der Waals surface area contributed by atoms with E-state index in [1.807, 2.05) is 13.0 Å². The van der Waals surface area contributed by atoms with Gasteiger partial charge in [0.05, 0.1) is 0 Å². The zero-order chi connectivity index (χ0) is 8.55. The molecule has 2 heterocycles. The summed E-state index contributed by atoms with van der Waals surface area (Å²) in [5, 5.41) is 13.1. The molecule has 2 aromatic rings. The van der Waals surface area contributed by atoms with Gasteiger partial charge in [-0.25, -0.2) is 5.10 Å².